The van der Waals surface area contributed by atoms with Crippen molar-refractivity contribution in [1.82, 2.24) is 9.97 Å². The zero-order chi connectivity index (χ0) is 12.0. The van der Waals surface area contributed by atoms with E-state index >= 15 is 0 Å². The van der Waals surface area contributed by atoms with Gasteiger partial charge in [-0.15, -0.1) is 0 Å². The molecule has 0 aromatic carbocycles. The molecule has 0 aliphatic rings. The van der Waals surface area contributed by atoms with Crippen molar-refractivity contribution in [1.29, 1.82) is 0 Å². The van der Waals surface area contributed by atoms with Gasteiger partial charge in [-0.05, 0) is 6.42 Å². The van der Waals surface area contributed by atoms with Gasteiger partial charge >= 0.3 is 0 Å². The number of aliphatic hydroxyl groups excluding tert-OH is 2. The second-order valence-electron chi connectivity index (χ2n) is 3.55. The first-order valence-corrected chi connectivity index (χ1v) is 5.31. The first kappa shape index (κ1) is 12.7. The van der Waals surface area contributed by atoms with Gasteiger partial charge in [-0.1, -0.05) is 13.3 Å². The predicted molar refractivity (Wildman–Crippen MR) is 62.0 cm³/mol. The van der Waals surface area contributed by atoms with Crippen LogP contribution in [0.5, 0.6) is 0 Å². The lowest BCUT2D eigenvalue weighted by Crippen LogP contribution is -2.24. The largest absolute Gasteiger partial charge is 0.394 e. The van der Waals surface area contributed by atoms with E-state index in [2.05, 4.69) is 15.3 Å². The van der Waals surface area contributed by atoms with Gasteiger partial charge in [0.2, 0.25) is 0 Å². The van der Waals surface area contributed by atoms with Crippen LogP contribution in [0.3, 0.4) is 0 Å². The lowest BCUT2D eigenvalue weighted by molar-refractivity contribution is 0.105. The van der Waals surface area contributed by atoms with Crippen LogP contribution in [0.2, 0.25) is 0 Å². The predicted octanol–water partition coefficient (Wildman–Crippen LogP) is -0.224. The Balaban J connectivity index is 2.74. The van der Waals surface area contributed by atoms with Crippen molar-refractivity contribution in [2.75, 3.05) is 24.2 Å². The molecule has 0 fully saturated rings. The average molecular weight is 226 g/mol. The fraction of sp³-hybridized carbons (Fsp3) is 0.600. The van der Waals surface area contributed by atoms with E-state index in [1.807, 2.05) is 6.92 Å². The Morgan fingerprint density at radius 3 is 2.88 bits per heavy atom. The van der Waals surface area contributed by atoms with E-state index in [-0.39, 0.29) is 13.2 Å². The van der Waals surface area contributed by atoms with Gasteiger partial charge in [0.05, 0.1) is 12.7 Å². The van der Waals surface area contributed by atoms with Gasteiger partial charge in [0, 0.05) is 12.1 Å². The van der Waals surface area contributed by atoms with Gasteiger partial charge in [0.1, 0.15) is 18.0 Å². The second-order valence-corrected chi connectivity index (χ2v) is 3.55. The molecule has 6 heteroatoms. The minimum atomic E-state index is -0.800. The van der Waals surface area contributed by atoms with Crippen LogP contribution < -0.4 is 11.1 Å². The molecular formula is C10H18N4O2. The molecule has 0 saturated heterocycles. The number of nitrogens with two attached hydrogens (primary N) is 1. The third-order valence-corrected chi connectivity index (χ3v) is 2.19. The second kappa shape index (κ2) is 6.24. The van der Waals surface area contributed by atoms with Crippen LogP contribution in [-0.2, 0) is 6.42 Å². The Morgan fingerprint density at radius 2 is 2.25 bits per heavy atom. The molecule has 1 rings (SSSR count). The van der Waals surface area contributed by atoms with E-state index < -0.39 is 6.10 Å². The van der Waals surface area contributed by atoms with Crippen LogP contribution in [0, 0.1) is 0 Å². The van der Waals surface area contributed by atoms with E-state index in [1.165, 1.54) is 6.33 Å². The maximum Gasteiger partial charge on any atom is 0.134 e. The van der Waals surface area contributed by atoms with Gasteiger partial charge in [-0.25, -0.2) is 9.97 Å². The standard InChI is InChI=1S/C10H18N4O2/c1-2-3-8-9(11)13-6-14-10(8)12-4-7(16)5-15/h6-7,15-16H,2-5H2,1H3,(H3,11,12,13,14). The molecule has 1 aromatic rings. The fourth-order valence-electron chi connectivity index (χ4n) is 1.35. The molecule has 0 bridgehead atoms. The van der Waals surface area contributed by atoms with Crippen LogP contribution in [0.1, 0.15) is 18.9 Å². The number of aliphatic hydroxyl groups is 2. The molecule has 5 N–H and O–H groups in total. The van der Waals surface area contributed by atoms with E-state index in [0.29, 0.717) is 11.6 Å². The lowest BCUT2D eigenvalue weighted by atomic mass is 10.1. The number of hydrogen-bond acceptors (Lipinski definition) is 6. The topological polar surface area (TPSA) is 104 Å². The highest BCUT2D eigenvalue weighted by Crippen LogP contribution is 2.18. The summed E-state index contributed by atoms with van der Waals surface area (Å²) < 4.78 is 0. The van der Waals surface area contributed by atoms with Crippen molar-refractivity contribution >= 4 is 11.6 Å². The number of nitrogens with one attached hydrogen (secondary N) is 1. The maximum atomic E-state index is 9.22. The van der Waals surface area contributed by atoms with Gasteiger partial charge < -0.3 is 21.3 Å². The summed E-state index contributed by atoms with van der Waals surface area (Å²) in [6.45, 7) is 2.00. The minimum absolute atomic E-state index is 0.240. The number of nitrogen functional groups attached to an aromatic ring is 1. The number of anilines is 2. The molecule has 0 aliphatic carbocycles. The Kier molecular flexibility index (Phi) is 4.94. The van der Waals surface area contributed by atoms with Crippen molar-refractivity contribution < 1.29 is 10.2 Å². The molecule has 16 heavy (non-hydrogen) atoms. The Morgan fingerprint density at radius 1 is 1.50 bits per heavy atom. The maximum absolute atomic E-state index is 9.22. The van der Waals surface area contributed by atoms with Crippen LogP contribution in [0.25, 0.3) is 0 Å². The monoisotopic (exact) mass is 226 g/mol. The van der Waals surface area contributed by atoms with Gasteiger partial charge in [0.15, 0.2) is 0 Å². The minimum Gasteiger partial charge on any atom is -0.394 e. The molecule has 0 spiro atoms. The van der Waals surface area contributed by atoms with Gasteiger partial charge in [0.25, 0.3) is 0 Å². The summed E-state index contributed by atoms with van der Waals surface area (Å²) in [6.07, 6.45) is 2.30. The number of hydrogen-bond donors (Lipinski definition) is 4. The lowest BCUT2D eigenvalue weighted by Gasteiger charge is -2.13. The van der Waals surface area contributed by atoms with Crippen LogP contribution in [0.15, 0.2) is 6.33 Å². The Labute approximate surface area is 94.5 Å². The summed E-state index contributed by atoms with van der Waals surface area (Å²) >= 11 is 0. The summed E-state index contributed by atoms with van der Waals surface area (Å²) in [5.74, 6) is 1.08. The molecular weight excluding hydrogens is 208 g/mol. The highest BCUT2D eigenvalue weighted by atomic mass is 16.3. The van der Waals surface area contributed by atoms with E-state index in [0.717, 1.165) is 18.4 Å². The Bertz CT molecular complexity index is 333. The summed E-state index contributed by atoms with van der Waals surface area (Å²) in [6, 6.07) is 0. The quantitative estimate of drug-likeness (QED) is 0.534. The first-order valence-electron chi connectivity index (χ1n) is 5.31. The zero-order valence-corrected chi connectivity index (χ0v) is 9.35. The third-order valence-electron chi connectivity index (χ3n) is 2.19. The van der Waals surface area contributed by atoms with Crippen LogP contribution >= 0.6 is 0 Å². The van der Waals surface area contributed by atoms with Crippen LogP contribution in [-0.4, -0.2) is 39.4 Å². The molecule has 0 radical (unpaired) electrons. The number of aromatic nitrogens is 2. The van der Waals surface area contributed by atoms with E-state index in [4.69, 9.17) is 10.8 Å². The Hall–Kier alpha value is -1.40. The molecule has 1 aromatic heterocycles. The zero-order valence-electron chi connectivity index (χ0n) is 9.35. The highest BCUT2D eigenvalue weighted by molar-refractivity contribution is 5.54. The smallest absolute Gasteiger partial charge is 0.134 e. The van der Waals surface area contributed by atoms with E-state index in [9.17, 15) is 5.11 Å². The molecule has 90 valence electrons. The molecule has 0 saturated carbocycles. The first-order chi connectivity index (χ1) is 7.69. The van der Waals surface area contributed by atoms with Crippen molar-refractivity contribution in [3.8, 4) is 0 Å². The summed E-state index contributed by atoms with van der Waals surface area (Å²) in [4.78, 5) is 7.99. The molecule has 1 heterocycles. The molecule has 0 amide bonds. The SMILES string of the molecule is CCCc1c(N)ncnc1NCC(O)CO. The summed E-state index contributed by atoms with van der Waals surface area (Å²) in [5.41, 5.74) is 6.60. The van der Waals surface area contributed by atoms with Crippen molar-refractivity contribution in [2.45, 2.75) is 25.9 Å². The molecule has 6 nitrogen and oxygen atoms in total. The summed E-state index contributed by atoms with van der Waals surface area (Å²) in [5, 5.41) is 20.9. The van der Waals surface area contributed by atoms with Crippen molar-refractivity contribution in [2.24, 2.45) is 0 Å². The number of nitrogens with zero attached hydrogens (tertiary/aromatic N) is 2. The average Bonchev–Trinajstić information content (AvgIpc) is 2.29. The molecule has 1 unspecified atom stereocenters. The van der Waals surface area contributed by atoms with Gasteiger partial charge in [-0.2, -0.15) is 0 Å². The molecule has 1 atom stereocenters. The third kappa shape index (κ3) is 3.32. The van der Waals surface area contributed by atoms with Crippen molar-refractivity contribution in [3.05, 3.63) is 11.9 Å². The highest BCUT2D eigenvalue weighted by Gasteiger charge is 2.09. The van der Waals surface area contributed by atoms with Crippen LogP contribution in [0.4, 0.5) is 11.6 Å². The number of rotatable bonds is 6. The molecule has 0 aliphatic heterocycles. The van der Waals surface area contributed by atoms with Crippen molar-refractivity contribution in [3.63, 3.8) is 0 Å². The summed E-state index contributed by atoms with van der Waals surface area (Å²) in [7, 11) is 0. The fourth-order valence-corrected chi connectivity index (χ4v) is 1.35. The van der Waals surface area contributed by atoms with E-state index in [1.54, 1.807) is 0 Å². The van der Waals surface area contributed by atoms with Gasteiger partial charge in [-0.3, -0.25) is 0 Å². The normalized spacial score (nSPS) is 12.4.